The van der Waals surface area contributed by atoms with E-state index in [0.717, 1.165) is 53.8 Å². The van der Waals surface area contributed by atoms with Crippen molar-refractivity contribution < 1.29 is 22.6 Å². The fraction of sp³-hybridized carbons (Fsp3) is 0.393. The van der Waals surface area contributed by atoms with Gasteiger partial charge in [0.2, 0.25) is 5.28 Å². The van der Waals surface area contributed by atoms with Crippen molar-refractivity contribution >= 4 is 39.0 Å². The highest BCUT2D eigenvalue weighted by atomic mass is 35.5. The largest absolute Gasteiger partial charge is 0.491 e. The van der Waals surface area contributed by atoms with Crippen LogP contribution >= 0.6 is 22.9 Å². The van der Waals surface area contributed by atoms with Crippen molar-refractivity contribution in [3.05, 3.63) is 58.3 Å². The van der Waals surface area contributed by atoms with Crippen LogP contribution in [0.3, 0.4) is 0 Å². The van der Waals surface area contributed by atoms with Crippen LogP contribution in [0.4, 0.5) is 19.0 Å². The van der Waals surface area contributed by atoms with E-state index in [1.54, 1.807) is 26.5 Å². The summed E-state index contributed by atoms with van der Waals surface area (Å²) in [7, 11) is 5.07. The van der Waals surface area contributed by atoms with Crippen LogP contribution in [0.15, 0.2) is 42.6 Å². The van der Waals surface area contributed by atoms with E-state index in [-0.39, 0.29) is 16.2 Å². The molecular formula is C28H29ClF3N5O2S. The van der Waals surface area contributed by atoms with Crippen LogP contribution in [0.5, 0.6) is 11.6 Å². The van der Waals surface area contributed by atoms with Crippen LogP contribution in [0.2, 0.25) is 5.28 Å². The first-order valence-corrected chi connectivity index (χ1v) is 14.0. The van der Waals surface area contributed by atoms with Crippen molar-refractivity contribution in [2.24, 2.45) is 0 Å². The third-order valence-electron chi connectivity index (χ3n) is 7.17. The highest BCUT2D eigenvalue weighted by molar-refractivity contribution is 7.18. The highest BCUT2D eigenvalue weighted by Gasteiger charge is 2.31. The Morgan fingerprint density at radius 3 is 2.55 bits per heavy atom. The number of halogens is 4. The summed E-state index contributed by atoms with van der Waals surface area (Å²) in [6.45, 7) is 0.723. The molecule has 5 rings (SSSR count). The number of anilines is 1. The maximum absolute atomic E-state index is 13.0. The monoisotopic (exact) mass is 591 g/mol. The van der Waals surface area contributed by atoms with E-state index in [4.69, 9.17) is 21.1 Å². The first-order chi connectivity index (χ1) is 19.1. The van der Waals surface area contributed by atoms with Crippen molar-refractivity contribution in [3.8, 4) is 22.8 Å². The third kappa shape index (κ3) is 6.42. The molecule has 0 radical (unpaired) electrons. The van der Waals surface area contributed by atoms with Gasteiger partial charge in [-0.1, -0.05) is 24.3 Å². The summed E-state index contributed by atoms with van der Waals surface area (Å²) in [6, 6.07) is 12.2. The van der Waals surface area contributed by atoms with Crippen LogP contribution in [-0.4, -0.2) is 54.5 Å². The van der Waals surface area contributed by atoms with E-state index in [2.05, 4.69) is 44.5 Å². The topological polar surface area (TPSA) is 72.4 Å². The fourth-order valence-corrected chi connectivity index (χ4v) is 6.39. The van der Waals surface area contributed by atoms with Crippen molar-refractivity contribution in [1.29, 1.82) is 0 Å². The summed E-state index contributed by atoms with van der Waals surface area (Å²) in [5.41, 5.74) is 3.13. The van der Waals surface area contributed by atoms with E-state index < -0.39 is 12.6 Å². The maximum atomic E-state index is 13.0. The maximum Gasteiger partial charge on any atom is 0.393 e. The summed E-state index contributed by atoms with van der Waals surface area (Å²) >= 11 is 7.16. The number of hydrogen-bond donors (Lipinski definition) is 1. The number of thiophene rings is 1. The summed E-state index contributed by atoms with van der Waals surface area (Å²) in [4.78, 5) is 15.6. The quantitative estimate of drug-likeness (QED) is 0.218. The van der Waals surface area contributed by atoms with Gasteiger partial charge < -0.3 is 19.7 Å². The molecule has 2 atom stereocenters. The minimum absolute atomic E-state index is 0.0368. The average molecular weight is 592 g/mol. The van der Waals surface area contributed by atoms with Crippen molar-refractivity contribution in [2.45, 2.75) is 50.5 Å². The number of hydrogen-bond acceptors (Lipinski definition) is 8. The normalized spacial score (nSPS) is 17.4. The van der Waals surface area contributed by atoms with Crippen molar-refractivity contribution in [2.75, 3.05) is 26.2 Å². The van der Waals surface area contributed by atoms with E-state index >= 15 is 0 Å². The molecule has 1 saturated carbocycles. The number of methoxy groups -OCH3 is 2. The lowest BCUT2D eigenvalue weighted by Crippen LogP contribution is -2.33. The number of ether oxygens (including phenoxy) is 2. The second-order valence-electron chi connectivity index (χ2n) is 9.83. The van der Waals surface area contributed by atoms with Gasteiger partial charge in [-0.05, 0) is 54.1 Å². The van der Waals surface area contributed by atoms with Gasteiger partial charge >= 0.3 is 6.18 Å². The van der Waals surface area contributed by atoms with Gasteiger partial charge in [-0.15, -0.1) is 11.3 Å². The van der Waals surface area contributed by atoms with Crippen LogP contribution in [0.1, 0.15) is 29.7 Å². The second-order valence-corrected chi connectivity index (χ2v) is 11.3. The lowest BCUT2D eigenvalue weighted by molar-refractivity contribution is -0.126. The Balaban J connectivity index is 1.21. The number of nitrogens with one attached hydrogen (secondary N) is 1. The number of nitrogens with zero attached hydrogens (tertiary/aromatic N) is 4. The number of alkyl halides is 3. The third-order valence-corrected chi connectivity index (χ3v) is 8.37. The molecule has 40 heavy (non-hydrogen) atoms. The number of aromatic nitrogens is 3. The minimum Gasteiger partial charge on any atom is -0.491 e. The molecule has 4 aromatic rings. The molecule has 0 spiro atoms. The molecule has 7 nitrogen and oxygen atoms in total. The van der Waals surface area contributed by atoms with E-state index in [1.165, 1.54) is 0 Å². The fourth-order valence-electron chi connectivity index (χ4n) is 5.12. The van der Waals surface area contributed by atoms with Gasteiger partial charge in [-0.2, -0.15) is 18.2 Å². The standard InChI is InChI=1S/C28H29ClF3N5O2S/c1-37(24-22-12-21(13-28(30,31)32)40-26(22)36-27(29)35-24)20-9-8-19(11-20)33-14-16-4-6-17(7-5-16)18-10-23(38-2)25(39-3)34-15-18/h4-7,10,12,15,19-20,33H,8-9,11,13-14H2,1-3H3/t19-,20+/m0/s1. The molecule has 12 heteroatoms. The Morgan fingerprint density at radius 1 is 1.07 bits per heavy atom. The molecule has 1 fully saturated rings. The van der Waals surface area contributed by atoms with Gasteiger partial charge in [0.25, 0.3) is 5.88 Å². The van der Waals surface area contributed by atoms with Gasteiger partial charge in [-0.3, -0.25) is 0 Å². The van der Waals surface area contributed by atoms with E-state index in [1.807, 2.05) is 18.0 Å². The summed E-state index contributed by atoms with van der Waals surface area (Å²) in [5, 5.41) is 4.29. The van der Waals surface area contributed by atoms with Crippen LogP contribution in [0, 0.1) is 0 Å². The van der Waals surface area contributed by atoms with Crippen LogP contribution in [0.25, 0.3) is 21.3 Å². The zero-order chi connectivity index (χ0) is 28.4. The van der Waals surface area contributed by atoms with Crippen molar-refractivity contribution in [1.82, 2.24) is 20.3 Å². The Morgan fingerprint density at radius 2 is 1.85 bits per heavy atom. The second kappa shape index (κ2) is 11.8. The molecule has 3 aromatic heterocycles. The van der Waals surface area contributed by atoms with Crippen molar-refractivity contribution in [3.63, 3.8) is 0 Å². The highest BCUT2D eigenvalue weighted by Crippen LogP contribution is 2.37. The van der Waals surface area contributed by atoms with Gasteiger partial charge in [-0.25, -0.2) is 9.97 Å². The predicted molar refractivity (Wildman–Crippen MR) is 152 cm³/mol. The molecule has 0 amide bonds. The average Bonchev–Trinajstić information content (AvgIpc) is 3.56. The number of rotatable bonds is 9. The Kier molecular flexibility index (Phi) is 8.34. The van der Waals surface area contributed by atoms with Crippen LogP contribution < -0.4 is 19.7 Å². The van der Waals surface area contributed by atoms with Gasteiger partial charge in [0.1, 0.15) is 10.6 Å². The molecule has 1 aromatic carbocycles. The number of fused-ring (bicyclic) bond motifs is 1. The zero-order valence-electron chi connectivity index (χ0n) is 22.3. The molecule has 0 bridgehead atoms. The molecule has 3 heterocycles. The molecular weight excluding hydrogens is 563 g/mol. The first kappa shape index (κ1) is 28.4. The van der Waals surface area contributed by atoms with Gasteiger partial charge in [0.05, 0.1) is 26.0 Å². The molecule has 0 aliphatic heterocycles. The zero-order valence-corrected chi connectivity index (χ0v) is 23.8. The van der Waals surface area contributed by atoms with E-state index in [0.29, 0.717) is 33.7 Å². The molecule has 212 valence electrons. The van der Waals surface area contributed by atoms with Crippen LogP contribution in [-0.2, 0) is 13.0 Å². The first-order valence-electron chi connectivity index (χ1n) is 12.8. The molecule has 1 aliphatic carbocycles. The Bertz CT molecular complexity index is 1480. The van der Waals surface area contributed by atoms with Gasteiger partial charge in [0.15, 0.2) is 5.75 Å². The van der Waals surface area contributed by atoms with Gasteiger partial charge in [0, 0.05) is 42.3 Å². The Hall–Kier alpha value is -3.15. The lowest BCUT2D eigenvalue weighted by atomic mass is 10.1. The minimum atomic E-state index is -4.28. The Labute approximate surface area is 239 Å². The smallest absolute Gasteiger partial charge is 0.393 e. The molecule has 0 unspecified atom stereocenters. The molecule has 0 saturated heterocycles. The number of pyridine rings is 1. The molecule has 1 aliphatic rings. The summed E-state index contributed by atoms with van der Waals surface area (Å²) < 4.78 is 49.5. The SMILES string of the molecule is COc1cc(-c2ccc(CN[C@H]3CC[C@@H](N(C)c4nc(Cl)nc5sc(CC(F)(F)F)cc45)C3)cc2)cnc1OC. The molecule has 1 N–H and O–H groups in total. The van der Waals surface area contributed by atoms with E-state index in [9.17, 15) is 13.2 Å². The predicted octanol–water partition coefficient (Wildman–Crippen LogP) is 6.68. The summed E-state index contributed by atoms with van der Waals surface area (Å²) in [5.74, 6) is 1.60. The number of benzene rings is 1. The lowest BCUT2D eigenvalue weighted by Gasteiger charge is -2.26. The summed E-state index contributed by atoms with van der Waals surface area (Å²) in [6.07, 6.45) is -0.715.